The van der Waals surface area contributed by atoms with Gasteiger partial charge >= 0.3 is 0 Å². The van der Waals surface area contributed by atoms with E-state index in [-0.39, 0.29) is 0 Å². The van der Waals surface area contributed by atoms with Gasteiger partial charge in [0.25, 0.3) is 0 Å². The maximum Gasteiger partial charge on any atom is 0.141 e. The first kappa shape index (κ1) is 13.7. The number of anilines is 1. The molecule has 2 unspecified atom stereocenters. The Morgan fingerprint density at radius 2 is 2.17 bits per heavy atom. The van der Waals surface area contributed by atoms with Crippen molar-refractivity contribution >= 4 is 17.4 Å². The minimum atomic E-state index is 0.439. The largest absolute Gasteiger partial charge is 0.383 e. The molecule has 1 saturated carbocycles. The number of nitrogen functional groups attached to an aromatic ring is 1. The van der Waals surface area contributed by atoms with Crippen LogP contribution in [0.5, 0.6) is 0 Å². The Bertz CT molecular complexity index is 411. The average molecular weight is 270 g/mol. The van der Waals surface area contributed by atoms with Gasteiger partial charge in [0.15, 0.2) is 0 Å². The molecule has 0 radical (unpaired) electrons. The maximum atomic E-state index is 6.13. The summed E-state index contributed by atoms with van der Waals surface area (Å²) in [5.41, 5.74) is 6.90. The minimum absolute atomic E-state index is 0.439. The van der Waals surface area contributed by atoms with Crippen molar-refractivity contribution < 1.29 is 0 Å². The molecule has 2 rings (SSSR count). The van der Waals surface area contributed by atoms with E-state index in [2.05, 4.69) is 18.9 Å². The third kappa shape index (κ3) is 2.82. The Kier molecular flexibility index (Phi) is 4.21. The fourth-order valence-electron chi connectivity index (χ4n) is 3.19. The fraction of sp³-hybridized carbons (Fsp3) is 0.786. The van der Waals surface area contributed by atoms with Crippen molar-refractivity contribution in [2.75, 3.05) is 5.73 Å². The highest BCUT2D eigenvalue weighted by Gasteiger charge is 2.26. The lowest BCUT2D eigenvalue weighted by molar-refractivity contribution is 0.228. The van der Waals surface area contributed by atoms with Gasteiger partial charge < -0.3 is 5.73 Å². The summed E-state index contributed by atoms with van der Waals surface area (Å²) in [6, 6.07) is 0.439. The highest BCUT2D eigenvalue weighted by molar-refractivity contribution is 6.33. The number of halogens is 1. The number of hydrogen-bond acceptors (Lipinski definition) is 2. The summed E-state index contributed by atoms with van der Waals surface area (Å²) in [4.78, 5) is 0. The van der Waals surface area contributed by atoms with Crippen LogP contribution in [0.3, 0.4) is 0 Å². The Morgan fingerprint density at radius 3 is 2.72 bits per heavy atom. The predicted molar refractivity (Wildman–Crippen MR) is 76.8 cm³/mol. The molecule has 0 aliphatic heterocycles. The third-order valence-corrected chi connectivity index (χ3v) is 4.42. The zero-order valence-corrected chi connectivity index (χ0v) is 12.4. The van der Waals surface area contributed by atoms with Crippen LogP contribution in [0.15, 0.2) is 0 Å². The Balaban J connectivity index is 2.10. The zero-order valence-electron chi connectivity index (χ0n) is 11.6. The quantitative estimate of drug-likeness (QED) is 0.893. The molecule has 1 aromatic rings. The lowest BCUT2D eigenvalue weighted by Crippen LogP contribution is -2.22. The molecule has 1 heterocycles. The van der Waals surface area contributed by atoms with E-state index in [1.807, 2.05) is 11.6 Å². The standard InChI is InChI=1S/C14H24ClN3/c1-9(2)7-11-5-4-6-12(8-11)18-14(16)13(15)10(3)17-18/h9,11-12H,4-8,16H2,1-3H3. The van der Waals surface area contributed by atoms with E-state index in [1.165, 1.54) is 32.1 Å². The average Bonchev–Trinajstić information content (AvgIpc) is 2.56. The van der Waals surface area contributed by atoms with E-state index in [1.54, 1.807) is 0 Å². The van der Waals surface area contributed by atoms with Crippen LogP contribution < -0.4 is 5.73 Å². The van der Waals surface area contributed by atoms with Crippen LogP contribution in [0.25, 0.3) is 0 Å². The molecule has 18 heavy (non-hydrogen) atoms. The molecule has 1 aliphatic rings. The summed E-state index contributed by atoms with van der Waals surface area (Å²) in [6.07, 6.45) is 6.31. The molecule has 2 N–H and O–H groups in total. The van der Waals surface area contributed by atoms with Gasteiger partial charge in [0, 0.05) is 0 Å². The molecular formula is C14H24ClN3. The van der Waals surface area contributed by atoms with Crippen LogP contribution >= 0.6 is 11.6 Å². The van der Waals surface area contributed by atoms with Crippen molar-refractivity contribution in [1.82, 2.24) is 9.78 Å². The van der Waals surface area contributed by atoms with Gasteiger partial charge in [0.1, 0.15) is 10.8 Å². The number of aromatic nitrogens is 2. The highest BCUT2D eigenvalue weighted by Crippen LogP contribution is 2.38. The van der Waals surface area contributed by atoms with Crippen molar-refractivity contribution in [3.63, 3.8) is 0 Å². The van der Waals surface area contributed by atoms with Crippen LogP contribution in [0.1, 0.15) is 57.7 Å². The van der Waals surface area contributed by atoms with Gasteiger partial charge in [-0.05, 0) is 38.0 Å². The molecule has 1 fully saturated rings. The highest BCUT2D eigenvalue weighted by atomic mass is 35.5. The molecule has 3 nitrogen and oxygen atoms in total. The predicted octanol–water partition coefficient (Wildman–Crippen LogP) is 4.20. The van der Waals surface area contributed by atoms with Gasteiger partial charge in [0.05, 0.1) is 11.7 Å². The van der Waals surface area contributed by atoms with E-state index >= 15 is 0 Å². The van der Waals surface area contributed by atoms with Crippen molar-refractivity contribution in [2.24, 2.45) is 11.8 Å². The molecule has 1 aliphatic carbocycles. The minimum Gasteiger partial charge on any atom is -0.383 e. The van der Waals surface area contributed by atoms with Crippen molar-refractivity contribution in [1.29, 1.82) is 0 Å². The number of nitrogens with two attached hydrogens (primary N) is 1. The van der Waals surface area contributed by atoms with Crippen molar-refractivity contribution in [2.45, 2.75) is 58.9 Å². The molecule has 0 aromatic carbocycles. The van der Waals surface area contributed by atoms with Gasteiger partial charge in [-0.25, -0.2) is 4.68 Å². The summed E-state index contributed by atoms with van der Waals surface area (Å²) >= 11 is 6.13. The second kappa shape index (κ2) is 5.52. The molecule has 1 aromatic heterocycles. The second-order valence-corrected chi connectivity index (χ2v) is 6.42. The van der Waals surface area contributed by atoms with Crippen molar-refractivity contribution in [3.05, 3.63) is 10.7 Å². The number of rotatable bonds is 3. The summed E-state index contributed by atoms with van der Waals surface area (Å²) in [5, 5.41) is 5.13. The van der Waals surface area contributed by atoms with E-state index in [0.29, 0.717) is 16.9 Å². The third-order valence-electron chi connectivity index (χ3n) is 3.95. The van der Waals surface area contributed by atoms with Gasteiger partial charge in [-0.1, -0.05) is 38.3 Å². The number of nitrogens with zero attached hydrogens (tertiary/aromatic N) is 2. The molecule has 4 heteroatoms. The second-order valence-electron chi connectivity index (χ2n) is 6.05. The lowest BCUT2D eigenvalue weighted by Gasteiger charge is -2.30. The van der Waals surface area contributed by atoms with Crippen LogP contribution in [-0.4, -0.2) is 9.78 Å². The van der Waals surface area contributed by atoms with Crippen LogP contribution in [0.2, 0.25) is 5.02 Å². The lowest BCUT2D eigenvalue weighted by atomic mass is 9.81. The Labute approximate surface area is 115 Å². The summed E-state index contributed by atoms with van der Waals surface area (Å²) in [6.45, 7) is 6.52. The molecule has 102 valence electrons. The monoisotopic (exact) mass is 269 g/mol. The van der Waals surface area contributed by atoms with E-state index < -0.39 is 0 Å². The van der Waals surface area contributed by atoms with E-state index in [4.69, 9.17) is 17.3 Å². The number of aryl methyl sites for hydroxylation is 1. The first-order valence-corrected chi connectivity index (χ1v) is 7.37. The first-order valence-electron chi connectivity index (χ1n) is 6.99. The Morgan fingerprint density at radius 1 is 1.44 bits per heavy atom. The van der Waals surface area contributed by atoms with Crippen LogP contribution in [0, 0.1) is 18.8 Å². The zero-order chi connectivity index (χ0) is 13.3. The first-order chi connectivity index (χ1) is 8.49. The normalized spacial score (nSPS) is 24.7. The summed E-state index contributed by atoms with van der Waals surface area (Å²) in [7, 11) is 0. The van der Waals surface area contributed by atoms with Gasteiger partial charge in [-0.2, -0.15) is 5.10 Å². The topological polar surface area (TPSA) is 43.8 Å². The molecule has 2 atom stereocenters. The van der Waals surface area contributed by atoms with Gasteiger partial charge in [-0.15, -0.1) is 0 Å². The summed E-state index contributed by atoms with van der Waals surface area (Å²) < 4.78 is 1.96. The maximum absolute atomic E-state index is 6.13. The van der Waals surface area contributed by atoms with E-state index in [9.17, 15) is 0 Å². The van der Waals surface area contributed by atoms with Gasteiger partial charge in [-0.3, -0.25) is 0 Å². The summed E-state index contributed by atoms with van der Waals surface area (Å²) in [5.74, 6) is 2.23. The van der Waals surface area contributed by atoms with Gasteiger partial charge in [0.2, 0.25) is 0 Å². The molecular weight excluding hydrogens is 246 g/mol. The smallest absolute Gasteiger partial charge is 0.141 e. The molecule has 0 bridgehead atoms. The molecule has 0 amide bonds. The Hall–Kier alpha value is -0.700. The number of hydrogen-bond donors (Lipinski definition) is 1. The van der Waals surface area contributed by atoms with Crippen LogP contribution in [-0.2, 0) is 0 Å². The SMILES string of the molecule is Cc1nn(C2CCCC(CC(C)C)C2)c(N)c1Cl. The van der Waals surface area contributed by atoms with Crippen molar-refractivity contribution in [3.8, 4) is 0 Å². The molecule has 0 spiro atoms. The van der Waals surface area contributed by atoms with Crippen LogP contribution in [0.4, 0.5) is 5.82 Å². The van der Waals surface area contributed by atoms with E-state index in [0.717, 1.165) is 17.5 Å². The molecule has 0 saturated heterocycles. The fourth-order valence-corrected chi connectivity index (χ4v) is 3.31.